The van der Waals surface area contributed by atoms with E-state index in [4.69, 9.17) is 10.8 Å². The fraction of sp³-hybridized carbons (Fsp3) is 0.571. The first kappa shape index (κ1) is 17.0. The summed E-state index contributed by atoms with van der Waals surface area (Å²) in [6.45, 7) is 4.20. The minimum atomic E-state index is -0.521. The van der Waals surface area contributed by atoms with Crippen LogP contribution in [0.4, 0.5) is 8.78 Å². The van der Waals surface area contributed by atoms with Gasteiger partial charge in [0.15, 0.2) is 0 Å². The van der Waals surface area contributed by atoms with Crippen molar-refractivity contribution >= 4 is 0 Å². The van der Waals surface area contributed by atoms with Gasteiger partial charge in [-0.25, -0.2) is 8.78 Å². The predicted molar refractivity (Wildman–Crippen MR) is 70.3 cm³/mol. The number of aliphatic hydroxyl groups is 1. The van der Waals surface area contributed by atoms with E-state index in [-0.39, 0.29) is 6.10 Å². The molecule has 18 heavy (non-hydrogen) atoms. The van der Waals surface area contributed by atoms with Crippen LogP contribution in [-0.4, -0.2) is 17.8 Å². The van der Waals surface area contributed by atoms with Gasteiger partial charge in [-0.1, -0.05) is 26.2 Å². The molecule has 1 atom stereocenters. The molecule has 0 saturated carbocycles. The number of rotatable bonds is 5. The second-order valence-electron chi connectivity index (χ2n) is 4.33. The maximum atomic E-state index is 12.2. The van der Waals surface area contributed by atoms with Crippen molar-refractivity contribution in [1.29, 1.82) is 0 Å². The molecule has 0 bridgehead atoms. The molecule has 0 aromatic heterocycles. The normalized spacial score (nSPS) is 11.7. The first-order valence-electron chi connectivity index (χ1n) is 6.30. The lowest BCUT2D eigenvalue weighted by Crippen LogP contribution is -2.19. The van der Waals surface area contributed by atoms with E-state index in [1.54, 1.807) is 6.92 Å². The zero-order valence-electron chi connectivity index (χ0n) is 11.1. The van der Waals surface area contributed by atoms with Gasteiger partial charge in [0.25, 0.3) is 0 Å². The summed E-state index contributed by atoms with van der Waals surface area (Å²) < 4.78 is 24.4. The van der Waals surface area contributed by atoms with Crippen molar-refractivity contribution in [2.75, 3.05) is 6.54 Å². The van der Waals surface area contributed by atoms with Crippen LogP contribution < -0.4 is 5.73 Å². The van der Waals surface area contributed by atoms with E-state index in [2.05, 4.69) is 6.92 Å². The fourth-order valence-corrected chi connectivity index (χ4v) is 1.44. The molecule has 0 amide bonds. The van der Waals surface area contributed by atoms with E-state index in [1.165, 1.54) is 25.0 Å². The summed E-state index contributed by atoms with van der Waals surface area (Å²) in [4.78, 5) is 0. The number of hydrogen-bond donors (Lipinski definition) is 2. The number of hydrogen-bond acceptors (Lipinski definition) is 2. The van der Waals surface area contributed by atoms with Crippen LogP contribution in [0.5, 0.6) is 0 Å². The van der Waals surface area contributed by atoms with Crippen LogP contribution in [0.3, 0.4) is 0 Å². The Bertz CT molecular complexity index is 281. The molecule has 2 nitrogen and oxygen atoms in total. The highest BCUT2D eigenvalue weighted by Crippen LogP contribution is 2.05. The number of aryl methyl sites for hydroxylation is 1. The van der Waals surface area contributed by atoms with Crippen LogP contribution in [0.2, 0.25) is 0 Å². The highest BCUT2D eigenvalue weighted by molar-refractivity contribution is 5.15. The van der Waals surface area contributed by atoms with Crippen LogP contribution in [0.1, 0.15) is 38.2 Å². The second kappa shape index (κ2) is 9.97. The van der Waals surface area contributed by atoms with E-state index < -0.39 is 11.6 Å². The smallest absolute Gasteiger partial charge is 0.126 e. The van der Waals surface area contributed by atoms with E-state index in [1.807, 2.05) is 0 Å². The molecule has 1 rings (SSSR count). The lowest BCUT2D eigenvalue weighted by Gasteiger charge is -2.04. The third-order valence-corrected chi connectivity index (χ3v) is 2.42. The number of nitrogens with two attached hydrogens (primary N) is 1. The maximum Gasteiger partial charge on any atom is 0.126 e. The van der Waals surface area contributed by atoms with Crippen LogP contribution in [0.25, 0.3) is 0 Å². The number of benzene rings is 1. The summed E-state index contributed by atoms with van der Waals surface area (Å²) >= 11 is 0. The minimum Gasteiger partial charge on any atom is -0.392 e. The van der Waals surface area contributed by atoms with Gasteiger partial charge in [0, 0.05) is 12.6 Å². The summed E-state index contributed by atoms with van der Waals surface area (Å²) in [5.41, 5.74) is 5.81. The van der Waals surface area contributed by atoms with Gasteiger partial charge < -0.3 is 10.8 Å². The third-order valence-electron chi connectivity index (χ3n) is 2.42. The molecule has 1 aromatic carbocycles. The summed E-state index contributed by atoms with van der Waals surface area (Å²) in [7, 11) is 0. The number of unbranched alkanes of at least 4 members (excludes halogenated alkanes) is 2. The molecule has 0 fully saturated rings. The van der Waals surface area contributed by atoms with E-state index in [0.29, 0.717) is 12.1 Å². The van der Waals surface area contributed by atoms with Gasteiger partial charge in [-0.3, -0.25) is 0 Å². The Morgan fingerprint density at radius 1 is 1.17 bits per heavy atom. The fourth-order valence-electron chi connectivity index (χ4n) is 1.44. The molecule has 0 aliphatic heterocycles. The van der Waals surface area contributed by atoms with Gasteiger partial charge in [-0.05, 0) is 31.0 Å². The topological polar surface area (TPSA) is 46.2 Å². The maximum absolute atomic E-state index is 12.2. The quantitative estimate of drug-likeness (QED) is 0.798. The Labute approximate surface area is 108 Å². The van der Waals surface area contributed by atoms with Gasteiger partial charge in [0.2, 0.25) is 0 Å². The summed E-state index contributed by atoms with van der Waals surface area (Å²) in [6.07, 6.45) is 4.12. The summed E-state index contributed by atoms with van der Waals surface area (Å²) in [5, 5.41) is 8.96. The summed E-state index contributed by atoms with van der Waals surface area (Å²) in [5.74, 6) is -1.04. The van der Waals surface area contributed by atoms with Gasteiger partial charge in [-0.2, -0.15) is 0 Å². The van der Waals surface area contributed by atoms with Crippen LogP contribution in [0, 0.1) is 18.6 Å². The molecule has 0 saturated heterocycles. The molecule has 4 heteroatoms. The lowest BCUT2D eigenvalue weighted by atomic mass is 10.1. The van der Waals surface area contributed by atoms with Crippen molar-refractivity contribution in [2.45, 2.75) is 45.6 Å². The number of aliphatic hydroxyl groups excluding tert-OH is 1. The molecule has 104 valence electrons. The van der Waals surface area contributed by atoms with Gasteiger partial charge in [-0.15, -0.1) is 0 Å². The van der Waals surface area contributed by atoms with Gasteiger partial charge >= 0.3 is 0 Å². The largest absolute Gasteiger partial charge is 0.392 e. The standard InChI is InChI=1S/C7H6F2.C7H17NO/c1-5-2-6(8)4-7(9)3-5;1-2-3-4-5-7(9)6-8/h2-4H,1H3;7,9H,2-6,8H2,1H3. The molecule has 0 aliphatic rings. The molecular formula is C14H23F2NO. The van der Waals surface area contributed by atoms with Crippen molar-refractivity contribution in [1.82, 2.24) is 0 Å². The highest BCUT2D eigenvalue weighted by Gasteiger charge is 1.97. The average Bonchev–Trinajstić information content (AvgIpc) is 2.28. The van der Waals surface area contributed by atoms with Crippen molar-refractivity contribution in [2.24, 2.45) is 5.73 Å². The molecular weight excluding hydrogens is 236 g/mol. The zero-order chi connectivity index (χ0) is 14.0. The molecule has 0 heterocycles. The molecule has 0 spiro atoms. The van der Waals surface area contributed by atoms with Gasteiger partial charge in [0.1, 0.15) is 11.6 Å². The van der Waals surface area contributed by atoms with Crippen LogP contribution in [-0.2, 0) is 0 Å². The van der Waals surface area contributed by atoms with Crippen LogP contribution >= 0.6 is 0 Å². The molecule has 0 radical (unpaired) electrons. The molecule has 1 aromatic rings. The van der Waals surface area contributed by atoms with E-state index in [0.717, 1.165) is 18.9 Å². The van der Waals surface area contributed by atoms with Crippen molar-refractivity contribution in [3.8, 4) is 0 Å². The van der Waals surface area contributed by atoms with E-state index >= 15 is 0 Å². The Morgan fingerprint density at radius 3 is 2.11 bits per heavy atom. The minimum absolute atomic E-state index is 0.267. The molecule has 0 aliphatic carbocycles. The SMILES string of the molecule is CCCCCC(O)CN.Cc1cc(F)cc(F)c1. The van der Waals surface area contributed by atoms with E-state index in [9.17, 15) is 8.78 Å². The Kier molecular flexibility index (Phi) is 9.42. The third kappa shape index (κ3) is 9.07. The van der Waals surface area contributed by atoms with Crippen molar-refractivity contribution in [3.05, 3.63) is 35.4 Å². The average molecular weight is 259 g/mol. The second-order valence-corrected chi connectivity index (χ2v) is 4.33. The highest BCUT2D eigenvalue weighted by atomic mass is 19.1. The summed E-state index contributed by atoms with van der Waals surface area (Å²) in [6, 6.07) is 3.42. The van der Waals surface area contributed by atoms with Gasteiger partial charge in [0.05, 0.1) is 6.10 Å². The van der Waals surface area contributed by atoms with Crippen LogP contribution in [0.15, 0.2) is 18.2 Å². The lowest BCUT2D eigenvalue weighted by molar-refractivity contribution is 0.169. The monoisotopic (exact) mass is 259 g/mol. The first-order chi connectivity index (χ1) is 8.49. The Morgan fingerprint density at radius 2 is 1.72 bits per heavy atom. The Hall–Kier alpha value is -1.00. The van der Waals surface area contributed by atoms with Crippen molar-refractivity contribution in [3.63, 3.8) is 0 Å². The molecule has 1 unspecified atom stereocenters. The molecule has 3 N–H and O–H groups in total. The first-order valence-corrected chi connectivity index (χ1v) is 6.30. The predicted octanol–water partition coefficient (Wildman–Crippen LogP) is 3.16. The number of halogens is 2. The zero-order valence-corrected chi connectivity index (χ0v) is 11.1. The Balaban J connectivity index is 0.000000321. The van der Waals surface area contributed by atoms with Crippen molar-refractivity contribution < 1.29 is 13.9 Å².